The molecule has 0 amide bonds. The van der Waals surface area contributed by atoms with Crippen LogP contribution in [0.2, 0.25) is 0 Å². The zero-order valence-corrected chi connectivity index (χ0v) is 18.6. The van der Waals surface area contributed by atoms with E-state index in [2.05, 4.69) is 34.6 Å². The molecule has 2 fully saturated rings. The van der Waals surface area contributed by atoms with Gasteiger partial charge in [0.25, 0.3) is 0 Å². The van der Waals surface area contributed by atoms with Crippen molar-refractivity contribution in [2.75, 3.05) is 0 Å². The second-order valence-corrected chi connectivity index (χ2v) is 10.3. The molecule has 0 aromatic carbocycles. The second-order valence-electron chi connectivity index (χ2n) is 10.3. The van der Waals surface area contributed by atoms with Crippen molar-refractivity contribution in [3.63, 3.8) is 0 Å². The van der Waals surface area contributed by atoms with Crippen LogP contribution in [0.5, 0.6) is 0 Å². The van der Waals surface area contributed by atoms with Gasteiger partial charge in [0.2, 0.25) is 0 Å². The van der Waals surface area contributed by atoms with Crippen LogP contribution < -0.4 is 0 Å². The van der Waals surface area contributed by atoms with Crippen LogP contribution in [0, 0.1) is 41.4 Å². The van der Waals surface area contributed by atoms with Crippen LogP contribution in [0.15, 0.2) is 0 Å². The Bertz CT molecular complexity index is 370. The van der Waals surface area contributed by atoms with Crippen LogP contribution in [-0.2, 0) is 0 Å². The fraction of sp³-hybridized carbons (Fsp3) is 1.00. The zero-order valence-electron chi connectivity index (χ0n) is 18.6. The van der Waals surface area contributed by atoms with E-state index in [1.165, 1.54) is 70.6 Å². The SMILES string of the molecule is CCCC1C(C)CCC(CC2CCC(CC[C@@H](C)C(O)CC)CC2)C1C. The normalized spacial score (nSPS) is 38.1. The molecule has 0 radical (unpaired) electrons. The average molecular weight is 365 g/mol. The van der Waals surface area contributed by atoms with Crippen molar-refractivity contribution in [1.29, 1.82) is 0 Å². The Morgan fingerprint density at radius 1 is 0.885 bits per heavy atom. The predicted molar refractivity (Wildman–Crippen MR) is 114 cm³/mol. The first-order valence-corrected chi connectivity index (χ1v) is 12.1. The first kappa shape index (κ1) is 22.3. The van der Waals surface area contributed by atoms with Crippen molar-refractivity contribution in [2.45, 2.75) is 118 Å². The van der Waals surface area contributed by atoms with Gasteiger partial charge < -0.3 is 5.11 Å². The maximum Gasteiger partial charge on any atom is 0.0563 e. The monoisotopic (exact) mass is 364 g/mol. The number of hydrogen-bond donors (Lipinski definition) is 1. The fourth-order valence-corrected chi connectivity index (χ4v) is 6.31. The van der Waals surface area contributed by atoms with E-state index in [-0.39, 0.29) is 6.10 Å². The van der Waals surface area contributed by atoms with Crippen LogP contribution >= 0.6 is 0 Å². The molecule has 0 aliphatic heterocycles. The summed E-state index contributed by atoms with van der Waals surface area (Å²) in [6, 6.07) is 0. The summed E-state index contributed by atoms with van der Waals surface area (Å²) in [7, 11) is 0. The minimum Gasteiger partial charge on any atom is -0.393 e. The Hall–Kier alpha value is -0.0400. The summed E-state index contributed by atoms with van der Waals surface area (Å²) < 4.78 is 0. The molecule has 5 unspecified atom stereocenters. The minimum absolute atomic E-state index is 0.0856. The van der Waals surface area contributed by atoms with Crippen molar-refractivity contribution in [1.82, 2.24) is 0 Å². The first-order chi connectivity index (χ1) is 12.5. The molecular formula is C25H48O. The van der Waals surface area contributed by atoms with E-state index in [1.54, 1.807) is 0 Å². The van der Waals surface area contributed by atoms with Gasteiger partial charge in [-0.2, -0.15) is 0 Å². The molecule has 154 valence electrons. The van der Waals surface area contributed by atoms with Gasteiger partial charge in [0.15, 0.2) is 0 Å². The van der Waals surface area contributed by atoms with E-state index >= 15 is 0 Å². The van der Waals surface area contributed by atoms with E-state index in [4.69, 9.17) is 0 Å². The number of rotatable bonds is 9. The van der Waals surface area contributed by atoms with E-state index in [0.717, 1.165) is 41.9 Å². The number of hydrogen-bond acceptors (Lipinski definition) is 1. The van der Waals surface area contributed by atoms with Crippen molar-refractivity contribution < 1.29 is 5.11 Å². The number of aliphatic hydroxyl groups is 1. The average Bonchev–Trinajstić information content (AvgIpc) is 2.65. The van der Waals surface area contributed by atoms with Gasteiger partial charge in [-0.1, -0.05) is 86.0 Å². The molecule has 0 bridgehead atoms. The summed E-state index contributed by atoms with van der Waals surface area (Å²) in [6.45, 7) is 11.8. The highest BCUT2D eigenvalue weighted by Gasteiger charge is 2.35. The van der Waals surface area contributed by atoms with Crippen molar-refractivity contribution in [3.05, 3.63) is 0 Å². The molecule has 6 atom stereocenters. The molecule has 1 nitrogen and oxygen atoms in total. The van der Waals surface area contributed by atoms with Gasteiger partial charge >= 0.3 is 0 Å². The highest BCUT2D eigenvalue weighted by molar-refractivity contribution is 4.86. The van der Waals surface area contributed by atoms with Gasteiger partial charge in [-0.05, 0) is 67.1 Å². The summed E-state index contributed by atoms with van der Waals surface area (Å²) in [5.74, 6) is 6.33. The maximum atomic E-state index is 9.98. The zero-order chi connectivity index (χ0) is 19.1. The van der Waals surface area contributed by atoms with Gasteiger partial charge in [-0.15, -0.1) is 0 Å². The molecule has 0 aromatic rings. The summed E-state index contributed by atoms with van der Waals surface area (Å²) in [4.78, 5) is 0. The van der Waals surface area contributed by atoms with Crippen LogP contribution in [-0.4, -0.2) is 11.2 Å². The fourth-order valence-electron chi connectivity index (χ4n) is 6.31. The van der Waals surface area contributed by atoms with Crippen molar-refractivity contribution >= 4 is 0 Å². The second kappa shape index (κ2) is 11.1. The smallest absolute Gasteiger partial charge is 0.0563 e. The van der Waals surface area contributed by atoms with Gasteiger partial charge in [-0.25, -0.2) is 0 Å². The van der Waals surface area contributed by atoms with Gasteiger partial charge in [0.1, 0.15) is 0 Å². The Morgan fingerprint density at radius 2 is 1.54 bits per heavy atom. The van der Waals surface area contributed by atoms with Gasteiger partial charge in [0.05, 0.1) is 6.10 Å². The summed E-state index contributed by atoms with van der Waals surface area (Å²) in [6.07, 6.45) is 16.6. The Morgan fingerprint density at radius 3 is 2.15 bits per heavy atom. The number of aliphatic hydroxyl groups excluding tert-OH is 1. The Balaban J connectivity index is 1.71. The topological polar surface area (TPSA) is 20.2 Å². The van der Waals surface area contributed by atoms with Crippen LogP contribution in [0.3, 0.4) is 0 Å². The summed E-state index contributed by atoms with van der Waals surface area (Å²) >= 11 is 0. The van der Waals surface area contributed by atoms with E-state index in [0.29, 0.717) is 5.92 Å². The maximum absolute atomic E-state index is 9.98. The Labute approximate surface area is 164 Å². The Kier molecular flexibility index (Phi) is 9.48. The predicted octanol–water partition coefficient (Wildman–Crippen LogP) is 7.47. The molecular weight excluding hydrogens is 316 g/mol. The highest BCUT2D eigenvalue weighted by atomic mass is 16.3. The molecule has 2 saturated carbocycles. The lowest BCUT2D eigenvalue weighted by Crippen LogP contribution is -2.33. The lowest BCUT2D eigenvalue weighted by atomic mass is 9.63. The van der Waals surface area contributed by atoms with Crippen molar-refractivity contribution in [2.24, 2.45) is 41.4 Å². The van der Waals surface area contributed by atoms with Crippen LogP contribution in [0.4, 0.5) is 0 Å². The lowest BCUT2D eigenvalue weighted by Gasteiger charge is -2.42. The van der Waals surface area contributed by atoms with E-state index in [1.807, 2.05) is 0 Å². The molecule has 2 aliphatic carbocycles. The molecule has 2 rings (SSSR count). The third-order valence-corrected chi connectivity index (χ3v) is 8.47. The molecule has 0 spiro atoms. The van der Waals surface area contributed by atoms with Crippen molar-refractivity contribution in [3.8, 4) is 0 Å². The third kappa shape index (κ3) is 6.25. The van der Waals surface area contributed by atoms with Gasteiger partial charge in [-0.3, -0.25) is 0 Å². The van der Waals surface area contributed by atoms with Gasteiger partial charge in [0, 0.05) is 0 Å². The standard InChI is InChI=1S/C25H48O/c1-6-8-24-18(3)10-16-23(20(24)5)17-22-14-12-21(13-15-22)11-9-19(4)25(26)7-2/h18-26H,6-17H2,1-5H3/t18?,19-,20?,21?,22?,23?,24?,25?/m1/s1. The molecule has 26 heavy (non-hydrogen) atoms. The molecule has 0 heterocycles. The molecule has 1 heteroatoms. The minimum atomic E-state index is -0.0856. The first-order valence-electron chi connectivity index (χ1n) is 12.1. The van der Waals surface area contributed by atoms with E-state index in [9.17, 15) is 5.11 Å². The summed E-state index contributed by atoms with van der Waals surface area (Å²) in [5.41, 5.74) is 0. The summed E-state index contributed by atoms with van der Waals surface area (Å²) in [5, 5.41) is 9.98. The lowest BCUT2D eigenvalue weighted by molar-refractivity contribution is 0.0759. The van der Waals surface area contributed by atoms with Crippen LogP contribution in [0.25, 0.3) is 0 Å². The van der Waals surface area contributed by atoms with Crippen LogP contribution in [0.1, 0.15) is 112 Å². The molecule has 1 N–H and O–H groups in total. The quantitative estimate of drug-likeness (QED) is 0.450. The third-order valence-electron chi connectivity index (χ3n) is 8.47. The highest BCUT2D eigenvalue weighted by Crippen LogP contribution is 2.45. The molecule has 0 aromatic heterocycles. The van der Waals surface area contributed by atoms with E-state index < -0.39 is 0 Å². The largest absolute Gasteiger partial charge is 0.393 e. The molecule has 2 aliphatic rings. The molecule has 0 saturated heterocycles.